The molecular formula is C17H33NO. The van der Waals surface area contributed by atoms with Gasteiger partial charge < -0.3 is 10.8 Å². The van der Waals surface area contributed by atoms with Gasteiger partial charge in [0.1, 0.15) is 0 Å². The summed E-state index contributed by atoms with van der Waals surface area (Å²) in [5, 5.41) is 11.6. The first-order valence-electron chi connectivity index (χ1n) is 8.54. The van der Waals surface area contributed by atoms with E-state index in [4.69, 9.17) is 5.73 Å². The number of aliphatic hydroxyl groups is 1. The van der Waals surface area contributed by atoms with Crippen LogP contribution < -0.4 is 5.73 Å². The van der Waals surface area contributed by atoms with Crippen molar-refractivity contribution in [3.63, 3.8) is 0 Å². The zero-order chi connectivity index (χ0) is 13.9. The summed E-state index contributed by atoms with van der Waals surface area (Å²) in [5.41, 5.74) is 5.90. The van der Waals surface area contributed by atoms with Crippen molar-refractivity contribution in [2.24, 2.45) is 23.5 Å². The highest BCUT2D eigenvalue weighted by Crippen LogP contribution is 2.45. The third kappa shape index (κ3) is 3.16. The Morgan fingerprint density at radius 2 is 1.21 bits per heavy atom. The minimum atomic E-state index is -0.602. The maximum atomic E-state index is 11.6. The first-order chi connectivity index (χ1) is 9.06. The monoisotopic (exact) mass is 267 g/mol. The largest absolute Gasteiger partial charge is 0.388 e. The summed E-state index contributed by atoms with van der Waals surface area (Å²) in [5.74, 6) is 1.26. The summed E-state index contributed by atoms with van der Waals surface area (Å²) in [6.07, 6.45) is 12.6. The Bertz CT molecular complexity index is 246. The van der Waals surface area contributed by atoms with E-state index in [1.54, 1.807) is 0 Å². The molecule has 0 spiro atoms. The molecule has 2 nitrogen and oxygen atoms in total. The van der Waals surface area contributed by atoms with E-state index in [1.807, 2.05) is 0 Å². The molecule has 2 heteroatoms. The standard InChI is InChI=1S/C17H33NO/c1-13(2)16(18)17(19,14-9-5-3-6-10-14)15-11-7-4-8-12-15/h13-16,19H,3-12,18H2,1-2H3/t16-/m1/s1. The molecule has 0 saturated heterocycles. The van der Waals surface area contributed by atoms with E-state index in [9.17, 15) is 5.11 Å². The summed E-state index contributed by atoms with van der Waals surface area (Å²) in [7, 11) is 0. The fourth-order valence-electron chi connectivity index (χ4n) is 4.54. The van der Waals surface area contributed by atoms with E-state index < -0.39 is 5.60 Å². The number of nitrogens with two attached hydrogens (primary N) is 1. The first kappa shape index (κ1) is 15.3. The van der Waals surface area contributed by atoms with E-state index >= 15 is 0 Å². The van der Waals surface area contributed by atoms with Gasteiger partial charge in [-0.2, -0.15) is 0 Å². The van der Waals surface area contributed by atoms with Gasteiger partial charge >= 0.3 is 0 Å². The van der Waals surface area contributed by atoms with Gasteiger partial charge in [0.25, 0.3) is 0 Å². The van der Waals surface area contributed by atoms with Crippen LogP contribution in [0.5, 0.6) is 0 Å². The highest BCUT2D eigenvalue weighted by Gasteiger charge is 2.48. The number of hydrogen-bond donors (Lipinski definition) is 2. The molecule has 0 aliphatic heterocycles. The van der Waals surface area contributed by atoms with Crippen molar-refractivity contribution in [1.82, 2.24) is 0 Å². The van der Waals surface area contributed by atoms with Gasteiger partial charge in [0.05, 0.1) is 5.60 Å². The molecule has 0 aromatic carbocycles. The van der Waals surface area contributed by atoms with E-state index in [1.165, 1.54) is 64.2 Å². The maximum Gasteiger partial charge on any atom is 0.0856 e. The zero-order valence-electron chi connectivity index (χ0n) is 12.9. The molecule has 0 unspecified atom stereocenters. The minimum absolute atomic E-state index is 0.0568. The Morgan fingerprint density at radius 1 is 0.842 bits per heavy atom. The molecule has 0 aromatic rings. The Labute approximate surface area is 119 Å². The first-order valence-corrected chi connectivity index (χ1v) is 8.54. The smallest absolute Gasteiger partial charge is 0.0856 e. The van der Waals surface area contributed by atoms with Crippen molar-refractivity contribution in [2.45, 2.75) is 89.7 Å². The van der Waals surface area contributed by atoms with Crippen LogP contribution in [0.4, 0.5) is 0 Å². The van der Waals surface area contributed by atoms with Crippen molar-refractivity contribution in [2.75, 3.05) is 0 Å². The molecule has 0 bridgehead atoms. The summed E-state index contributed by atoms with van der Waals surface area (Å²) in [4.78, 5) is 0. The van der Waals surface area contributed by atoms with Crippen molar-refractivity contribution in [1.29, 1.82) is 0 Å². The molecule has 1 atom stereocenters. The molecule has 0 radical (unpaired) electrons. The van der Waals surface area contributed by atoms with Gasteiger partial charge in [-0.25, -0.2) is 0 Å². The molecule has 19 heavy (non-hydrogen) atoms. The Kier molecular flexibility index (Phi) is 5.30. The van der Waals surface area contributed by atoms with Crippen molar-refractivity contribution < 1.29 is 5.11 Å². The predicted molar refractivity (Wildman–Crippen MR) is 80.9 cm³/mol. The lowest BCUT2D eigenvalue weighted by atomic mass is 9.61. The van der Waals surface area contributed by atoms with Crippen molar-refractivity contribution >= 4 is 0 Å². The van der Waals surface area contributed by atoms with Crippen LogP contribution in [0, 0.1) is 17.8 Å². The summed E-state index contributed by atoms with van der Waals surface area (Å²) in [6.45, 7) is 4.34. The zero-order valence-corrected chi connectivity index (χ0v) is 12.9. The lowest BCUT2D eigenvalue weighted by Gasteiger charge is -2.50. The van der Waals surface area contributed by atoms with E-state index in [2.05, 4.69) is 13.8 Å². The van der Waals surface area contributed by atoms with E-state index in [0.29, 0.717) is 17.8 Å². The molecule has 2 aliphatic rings. The van der Waals surface area contributed by atoms with Crippen LogP contribution in [0.15, 0.2) is 0 Å². The van der Waals surface area contributed by atoms with Gasteiger partial charge in [0.2, 0.25) is 0 Å². The summed E-state index contributed by atoms with van der Waals surface area (Å²) < 4.78 is 0. The highest BCUT2D eigenvalue weighted by atomic mass is 16.3. The van der Waals surface area contributed by atoms with Crippen LogP contribution in [-0.4, -0.2) is 16.7 Å². The molecular weight excluding hydrogens is 234 g/mol. The lowest BCUT2D eigenvalue weighted by Crippen LogP contribution is -2.60. The highest BCUT2D eigenvalue weighted by molar-refractivity contribution is 5.02. The third-order valence-corrected chi connectivity index (χ3v) is 5.77. The molecule has 2 rings (SSSR count). The van der Waals surface area contributed by atoms with E-state index in [0.717, 1.165) is 0 Å². The molecule has 2 saturated carbocycles. The fourth-order valence-corrected chi connectivity index (χ4v) is 4.54. The Hall–Kier alpha value is -0.0800. The van der Waals surface area contributed by atoms with Crippen LogP contribution in [0.25, 0.3) is 0 Å². The molecule has 0 heterocycles. The molecule has 2 aliphatic carbocycles. The van der Waals surface area contributed by atoms with Gasteiger partial charge in [-0.15, -0.1) is 0 Å². The van der Waals surface area contributed by atoms with Crippen LogP contribution in [-0.2, 0) is 0 Å². The van der Waals surface area contributed by atoms with Crippen LogP contribution in [0.1, 0.15) is 78.1 Å². The molecule has 0 amide bonds. The van der Waals surface area contributed by atoms with Gasteiger partial charge in [-0.1, -0.05) is 52.4 Å². The SMILES string of the molecule is CC(C)[C@@H](N)C(O)(C1CCCCC1)C1CCCCC1. The van der Waals surface area contributed by atoms with Gasteiger partial charge in [-0.3, -0.25) is 0 Å². The third-order valence-electron chi connectivity index (χ3n) is 5.77. The normalized spacial score (nSPS) is 25.7. The molecule has 2 fully saturated rings. The number of hydrogen-bond acceptors (Lipinski definition) is 2. The quantitative estimate of drug-likeness (QED) is 0.812. The summed E-state index contributed by atoms with van der Waals surface area (Å²) in [6, 6.07) is -0.0568. The number of rotatable bonds is 4. The second-order valence-corrected chi connectivity index (χ2v) is 7.33. The molecule has 3 N–H and O–H groups in total. The van der Waals surface area contributed by atoms with Crippen LogP contribution >= 0.6 is 0 Å². The van der Waals surface area contributed by atoms with Gasteiger partial charge in [0, 0.05) is 6.04 Å². The van der Waals surface area contributed by atoms with Crippen LogP contribution in [0.3, 0.4) is 0 Å². The minimum Gasteiger partial charge on any atom is -0.388 e. The lowest BCUT2D eigenvalue weighted by molar-refractivity contribution is -0.118. The molecule has 112 valence electrons. The van der Waals surface area contributed by atoms with Crippen LogP contribution in [0.2, 0.25) is 0 Å². The Morgan fingerprint density at radius 3 is 1.53 bits per heavy atom. The van der Waals surface area contributed by atoms with Crippen molar-refractivity contribution in [3.05, 3.63) is 0 Å². The molecule has 0 aromatic heterocycles. The fraction of sp³-hybridized carbons (Fsp3) is 1.00. The van der Waals surface area contributed by atoms with Gasteiger partial charge in [0.15, 0.2) is 0 Å². The van der Waals surface area contributed by atoms with E-state index in [-0.39, 0.29) is 6.04 Å². The second kappa shape index (κ2) is 6.58. The average molecular weight is 267 g/mol. The Balaban J connectivity index is 2.19. The average Bonchev–Trinajstić information content (AvgIpc) is 2.47. The second-order valence-electron chi connectivity index (χ2n) is 7.33. The topological polar surface area (TPSA) is 46.2 Å². The predicted octanol–water partition coefficient (Wildman–Crippen LogP) is 3.86. The summed E-state index contributed by atoms with van der Waals surface area (Å²) >= 11 is 0. The van der Waals surface area contributed by atoms with Gasteiger partial charge in [-0.05, 0) is 43.4 Å². The van der Waals surface area contributed by atoms with Crippen molar-refractivity contribution in [3.8, 4) is 0 Å². The maximum absolute atomic E-state index is 11.6.